The molecule has 1 N–H and O–H groups in total. The Hall–Kier alpha value is -0.0800. The highest BCUT2D eigenvalue weighted by Gasteiger charge is 2.35. The van der Waals surface area contributed by atoms with Gasteiger partial charge in [-0.25, -0.2) is 0 Å². The van der Waals surface area contributed by atoms with Crippen molar-refractivity contribution in [2.75, 3.05) is 26.2 Å². The van der Waals surface area contributed by atoms with E-state index in [-0.39, 0.29) is 0 Å². The average molecular weight is 264 g/mol. The Bertz CT molecular complexity index is 269. The van der Waals surface area contributed by atoms with E-state index in [2.05, 4.69) is 17.1 Å². The Labute approximate surface area is 119 Å². The van der Waals surface area contributed by atoms with Crippen molar-refractivity contribution in [1.82, 2.24) is 10.2 Å². The van der Waals surface area contributed by atoms with E-state index in [9.17, 15) is 0 Å². The van der Waals surface area contributed by atoms with Crippen LogP contribution in [0.5, 0.6) is 0 Å². The molecule has 0 amide bonds. The molecule has 1 atom stereocenters. The maximum absolute atomic E-state index is 3.68. The zero-order chi connectivity index (χ0) is 13.1. The number of rotatable bonds is 5. The first kappa shape index (κ1) is 13.9. The highest BCUT2D eigenvalue weighted by atomic mass is 15.1. The first-order valence-corrected chi connectivity index (χ1v) is 8.72. The van der Waals surface area contributed by atoms with Crippen molar-refractivity contribution in [3.05, 3.63) is 0 Å². The molecule has 2 nitrogen and oxygen atoms in total. The topological polar surface area (TPSA) is 15.3 Å². The predicted molar refractivity (Wildman–Crippen MR) is 81.4 cm³/mol. The largest absolute Gasteiger partial charge is 0.314 e. The van der Waals surface area contributed by atoms with Crippen LogP contribution in [0.2, 0.25) is 0 Å². The Balaban J connectivity index is 1.36. The first-order chi connectivity index (χ1) is 9.26. The maximum Gasteiger partial charge on any atom is 0.00683 e. The van der Waals surface area contributed by atoms with Crippen LogP contribution < -0.4 is 5.32 Å². The summed E-state index contributed by atoms with van der Waals surface area (Å²) in [4.78, 5) is 2.74. The van der Waals surface area contributed by atoms with E-state index >= 15 is 0 Å². The average Bonchev–Trinajstić information content (AvgIpc) is 3.25. The van der Waals surface area contributed by atoms with Crippen molar-refractivity contribution in [1.29, 1.82) is 0 Å². The third-order valence-electron chi connectivity index (χ3n) is 5.73. The number of hydrogen-bond acceptors (Lipinski definition) is 2. The molecule has 2 heteroatoms. The summed E-state index contributed by atoms with van der Waals surface area (Å²) < 4.78 is 0. The number of nitrogens with one attached hydrogen (secondary N) is 1. The van der Waals surface area contributed by atoms with Crippen LogP contribution in [0.3, 0.4) is 0 Å². The first-order valence-electron chi connectivity index (χ1n) is 8.72. The summed E-state index contributed by atoms with van der Waals surface area (Å²) in [6, 6.07) is 0.870. The minimum atomic E-state index is 0.768. The fourth-order valence-corrected chi connectivity index (χ4v) is 4.17. The number of likely N-dealkylation sites (tertiary alicyclic amines) is 1. The molecule has 2 aliphatic carbocycles. The van der Waals surface area contributed by atoms with Crippen LogP contribution in [0.4, 0.5) is 0 Å². The molecule has 1 spiro atoms. The molecule has 0 aromatic carbocycles. The lowest BCUT2D eigenvalue weighted by molar-refractivity contribution is 0.0610. The van der Waals surface area contributed by atoms with E-state index in [4.69, 9.17) is 0 Å². The van der Waals surface area contributed by atoms with Crippen molar-refractivity contribution in [3.63, 3.8) is 0 Å². The zero-order valence-corrected chi connectivity index (χ0v) is 12.8. The predicted octanol–water partition coefficient (Wildman–Crippen LogP) is 3.42. The van der Waals surface area contributed by atoms with Gasteiger partial charge in [0.1, 0.15) is 0 Å². The third kappa shape index (κ3) is 3.95. The zero-order valence-electron chi connectivity index (χ0n) is 12.8. The van der Waals surface area contributed by atoms with E-state index < -0.39 is 0 Å². The van der Waals surface area contributed by atoms with Crippen LogP contribution in [-0.2, 0) is 0 Å². The van der Waals surface area contributed by atoms with Gasteiger partial charge in [0.15, 0.2) is 0 Å². The van der Waals surface area contributed by atoms with Gasteiger partial charge in [-0.1, -0.05) is 26.2 Å². The number of nitrogens with zero attached hydrogens (tertiary/aromatic N) is 1. The Morgan fingerprint density at radius 3 is 2.37 bits per heavy atom. The lowest BCUT2D eigenvalue weighted by atomic mass is 9.68. The van der Waals surface area contributed by atoms with Gasteiger partial charge in [0.05, 0.1) is 0 Å². The summed E-state index contributed by atoms with van der Waals surface area (Å²) in [5.74, 6) is 0.820. The van der Waals surface area contributed by atoms with Gasteiger partial charge in [-0.3, -0.25) is 0 Å². The molecule has 0 aromatic rings. The van der Waals surface area contributed by atoms with E-state index in [0.717, 1.165) is 17.4 Å². The van der Waals surface area contributed by atoms with Crippen molar-refractivity contribution >= 4 is 0 Å². The van der Waals surface area contributed by atoms with Crippen LogP contribution in [0.15, 0.2) is 0 Å². The van der Waals surface area contributed by atoms with Gasteiger partial charge < -0.3 is 10.2 Å². The molecule has 1 aliphatic heterocycles. The maximum atomic E-state index is 3.68. The molecule has 3 rings (SSSR count). The van der Waals surface area contributed by atoms with Crippen LogP contribution in [0, 0.1) is 11.3 Å². The molecule has 3 fully saturated rings. The van der Waals surface area contributed by atoms with E-state index in [1.165, 1.54) is 84.0 Å². The second-order valence-corrected chi connectivity index (χ2v) is 7.65. The monoisotopic (exact) mass is 264 g/mol. The van der Waals surface area contributed by atoms with Gasteiger partial charge in [0.25, 0.3) is 0 Å². The van der Waals surface area contributed by atoms with Crippen molar-refractivity contribution in [3.8, 4) is 0 Å². The highest BCUT2D eigenvalue weighted by molar-refractivity contribution is 4.89. The van der Waals surface area contributed by atoms with Gasteiger partial charge in [-0.15, -0.1) is 0 Å². The van der Waals surface area contributed by atoms with Crippen molar-refractivity contribution < 1.29 is 0 Å². The third-order valence-corrected chi connectivity index (χ3v) is 5.73. The summed E-state index contributed by atoms with van der Waals surface area (Å²) in [5, 5.41) is 3.68. The van der Waals surface area contributed by atoms with Crippen LogP contribution in [-0.4, -0.2) is 37.1 Å². The van der Waals surface area contributed by atoms with Gasteiger partial charge in [-0.2, -0.15) is 0 Å². The molecule has 19 heavy (non-hydrogen) atoms. The molecule has 0 radical (unpaired) electrons. The van der Waals surface area contributed by atoms with Gasteiger partial charge in [0, 0.05) is 12.6 Å². The van der Waals surface area contributed by atoms with Gasteiger partial charge in [0.2, 0.25) is 0 Å². The van der Waals surface area contributed by atoms with Crippen molar-refractivity contribution in [2.45, 2.75) is 70.8 Å². The van der Waals surface area contributed by atoms with Crippen LogP contribution in [0.1, 0.15) is 64.7 Å². The second kappa shape index (κ2) is 6.13. The quantitative estimate of drug-likeness (QED) is 0.818. The van der Waals surface area contributed by atoms with Crippen molar-refractivity contribution in [2.24, 2.45) is 11.3 Å². The summed E-state index contributed by atoms with van der Waals surface area (Å²) in [6.07, 6.45) is 13.3. The Morgan fingerprint density at radius 1 is 1.05 bits per heavy atom. The normalized spacial score (nSPS) is 29.5. The molecule has 0 aromatic heterocycles. The molecule has 3 aliphatic rings. The molecule has 1 heterocycles. The molecule has 1 unspecified atom stereocenters. The molecule has 2 saturated carbocycles. The SMILES string of the molecule is CC(CNC1CC1)CN1CCC2(CCCCC2)CC1. The molecule has 1 saturated heterocycles. The number of hydrogen-bond donors (Lipinski definition) is 1. The Morgan fingerprint density at radius 2 is 1.74 bits per heavy atom. The smallest absolute Gasteiger partial charge is 0.00683 e. The Kier molecular flexibility index (Phi) is 4.48. The fourth-order valence-electron chi connectivity index (χ4n) is 4.17. The van der Waals surface area contributed by atoms with E-state index in [1.807, 2.05) is 0 Å². The van der Waals surface area contributed by atoms with E-state index in [1.54, 1.807) is 0 Å². The summed E-state index contributed by atoms with van der Waals surface area (Å²) in [5.41, 5.74) is 0.768. The lowest BCUT2D eigenvalue weighted by Gasteiger charge is -2.45. The fraction of sp³-hybridized carbons (Fsp3) is 1.00. The lowest BCUT2D eigenvalue weighted by Crippen LogP contribution is -2.43. The second-order valence-electron chi connectivity index (χ2n) is 7.65. The molecule has 110 valence electrons. The van der Waals surface area contributed by atoms with Crippen LogP contribution in [0.25, 0.3) is 0 Å². The van der Waals surface area contributed by atoms with Gasteiger partial charge >= 0.3 is 0 Å². The minimum absolute atomic E-state index is 0.768. The summed E-state index contributed by atoms with van der Waals surface area (Å²) in [7, 11) is 0. The molecular weight excluding hydrogens is 232 g/mol. The van der Waals surface area contributed by atoms with Gasteiger partial charge in [-0.05, 0) is 69.5 Å². The molecule has 0 bridgehead atoms. The summed E-state index contributed by atoms with van der Waals surface area (Å²) >= 11 is 0. The van der Waals surface area contributed by atoms with E-state index in [0.29, 0.717) is 0 Å². The molecular formula is C17H32N2. The number of piperidine rings is 1. The highest BCUT2D eigenvalue weighted by Crippen LogP contribution is 2.44. The standard InChI is InChI=1S/C17H32N2/c1-15(13-18-16-5-6-16)14-19-11-9-17(10-12-19)7-3-2-4-8-17/h15-16,18H,2-14H2,1H3. The van der Waals surface area contributed by atoms with Crippen LogP contribution >= 0.6 is 0 Å². The minimum Gasteiger partial charge on any atom is -0.314 e. The summed E-state index contributed by atoms with van der Waals surface area (Å²) in [6.45, 7) is 7.70.